The summed E-state index contributed by atoms with van der Waals surface area (Å²) in [4.78, 5) is 44.4. The molecule has 40 heavy (non-hydrogen) atoms. The van der Waals surface area contributed by atoms with Crippen LogP contribution in [0.15, 0.2) is 77.5 Å². The van der Waals surface area contributed by atoms with Gasteiger partial charge in [-0.15, -0.1) is 0 Å². The van der Waals surface area contributed by atoms with Crippen molar-refractivity contribution in [3.05, 3.63) is 101 Å². The molecule has 204 valence electrons. The van der Waals surface area contributed by atoms with Gasteiger partial charge in [0, 0.05) is 29.2 Å². The van der Waals surface area contributed by atoms with E-state index in [2.05, 4.69) is 14.7 Å². The highest BCUT2D eigenvalue weighted by Crippen LogP contribution is 2.33. The summed E-state index contributed by atoms with van der Waals surface area (Å²) < 4.78 is 14.7. The number of rotatable bonds is 10. The number of H-pyrrole nitrogens is 1. The molecule has 5 aromatic rings. The Morgan fingerprint density at radius 1 is 1.12 bits per heavy atom. The molecule has 12 heteroatoms. The van der Waals surface area contributed by atoms with Crippen LogP contribution in [-0.4, -0.2) is 39.1 Å². The van der Waals surface area contributed by atoms with Crippen LogP contribution < -0.4 is 21.5 Å². The molecular formula is C28H26N6O5S. The lowest BCUT2D eigenvalue weighted by atomic mass is 10.0. The number of nitrogens with one attached hydrogen (secondary N) is 2. The number of aromatic nitrogens is 2. The number of nitrogens with two attached hydrogens (primary N) is 2. The number of anilines is 1. The number of nitrogens with zero attached hydrogens (tertiary/aromatic N) is 2. The van der Waals surface area contributed by atoms with Crippen LogP contribution in [-0.2, 0) is 17.9 Å². The van der Waals surface area contributed by atoms with E-state index in [1.165, 1.54) is 11.2 Å². The molecule has 1 atom stereocenters. The Labute approximate surface area is 232 Å². The van der Waals surface area contributed by atoms with Crippen LogP contribution in [0.1, 0.15) is 43.1 Å². The summed E-state index contributed by atoms with van der Waals surface area (Å²) in [6, 6.07) is 17.0. The molecule has 0 fully saturated rings. The second-order valence-corrected chi connectivity index (χ2v) is 9.68. The van der Waals surface area contributed by atoms with Gasteiger partial charge in [0.1, 0.15) is 22.4 Å². The molecule has 0 saturated carbocycles. The summed E-state index contributed by atoms with van der Waals surface area (Å²) in [7, 11) is 1.58. The lowest BCUT2D eigenvalue weighted by Gasteiger charge is -2.30. The largest absolute Gasteiger partial charge is 0.497 e. The molecule has 0 unspecified atom stereocenters. The van der Waals surface area contributed by atoms with Gasteiger partial charge in [0.2, 0.25) is 5.91 Å². The first-order chi connectivity index (χ1) is 19.4. The van der Waals surface area contributed by atoms with Gasteiger partial charge >= 0.3 is 0 Å². The van der Waals surface area contributed by atoms with Crippen molar-refractivity contribution in [3.63, 3.8) is 0 Å². The maximum atomic E-state index is 14.1. The fraction of sp³-hybridized carbons (Fsp3) is 0.143. The second kappa shape index (κ2) is 11.3. The second-order valence-electron chi connectivity index (χ2n) is 8.91. The predicted molar refractivity (Wildman–Crippen MR) is 150 cm³/mol. The molecule has 3 aromatic heterocycles. The summed E-state index contributed by atoms with van der Waals surface area (Å²) in [6.07, 6.45) is 3.18. The number of amides is 3. The van der Waals surface area contributed by atoms with Crippen LogP contribution in [0.3, 0.4) is 0 Å². The molecule has 0 saturated heterocycles. The van der Waals surface area contributed by atoms with Crippen LogP contribution in [0, 0.1) is 0 Å². The molecule has 0 aliphatic heterocycles. The molecule has 0 aliphatic carbocycles. The molecule has 2 aromatic carbocycles. The molecule has 11 nitrogen and oxygen atoms in total. The Morgan fingerprint density at radius 2 is 1.90 bits per heavy atom. The van der Waals surface area contributed by atoms with Gasteiger partial charge in [0.05, 0.1) is 25.6 Å². The fourth-order valence-corrected chi connectivity index (χ4v) is 5.17. The number of para-hydroxylation sites is 1. The predicted octanol–water partition coefficient (Wildman–Crippen LogP) is 3.61. The third-order valence-corrected chi connectivity index (χ3v) is 7.28. The van der Waals surface area contributed by atoms with E-state index in [1.807, 2.05) is 36.4 Å². The number of fused-ring (bicyclic) bond motifs is 1. The van der Waals surface area contributed by atoms with Crippen LogP contribution in [0.2, 0.25) is 0 Å². The summed E-state index contributed by atoms with van der Waals surface area (Å²) in [5.74, 6) is -0.748. The van der Waals surface area contributed by atoms with Crippen molar-refractivity contribution in [3.8, 4) is 5.75 Å². The monoisotopic (exact) mass is 558 g/mol. The molecule has 0 radical (unpaired) electrons. The summed E-state index contributed by atoms with van der Waals surface area (Å²) in [5, 5.41) is 3.72. The standard InChI is InChI=1S/C28H26N6O5S/c1-38-17-10-8-16(9-11-17)13-32-27(36)24(20-14-31-21-7-3-2-6-19(20)21)34(15-18-5-4-12-39-18)28(37)25-22(29)23(26(30)35)33-40-25/h2-12,14,24,31H,13,15,29H2,1H3,(H2,30,35)(H,32,36)/t24-/m1/s1. The highest BCUT2D eigenvalue weighted by molar-refractivity contribution is 7.09. The minimum absolute atomic E-state index is 0.00634. The summed E-state index contributed by atoms with van der Waals surface area (Å²) in [6.45, 7) is 0.147. The molecule has 0 aliphatic rings. The molecular weight excluding hydrogens is 532 g/mol. The van der Waals surface area contributed by atoms with Gasteiger partial charge in [-0.25, -0.2) is 0 Å². The number of primary amides is 1. The fourth-order valence-electron chi connectivity index (χ4n) is 4.41. The van der Waals surface area contributed by atoms with Crippen LogP contribution in [0.25, 0.3) is 10.9 Å². The third-order valence-electron chi connectivity index (χ3n) is 6.42. The zero-order valence-corrected chi connectivity index (χ0v) is 22.2. The molecule has 6 N–H and O–H groups in total. The van der Waals surface area contributed by atoms with Gasteiger partial charge in [0.25, 0.3) is 11.8 Å². The zero-order chi connectivity index (χ0) is 28.2. The van der Waals surface area contributed by atoms with E-state index in [0.29, 0.717) is 17.1 Å². The molecule has 5 rings (SSSR count). The molecule has 0 spiro atoms. The average molecular weight is 559 g/mol. The number of benzene rings is 2. The van der Waals surface area contributed by atoms with Crippen molar-refractivity contribution < 1.29 is 23.5 Å². The number of aromatic amines is 1. The van der Waals surface area contributed by atoms with Crippen molar-refractivity contribution in [2.45, 2.75) is 19.1 Å². The SMILES string of the molecule is COc1ccc(CNC(=O)[C@@H](c2c[nH]c3ccccc23)N(Cc2ccco2)C(=O)c2snc(C(N)=O)c2N)cc1. The van der Waals surface area contributed by atoms with Crippen molar-refractivity contribution in [1.29, 1.82) is 0 Å². The van der Waals surface area contributed by atoms with E-state index in [9.17, 15) is 14.4 Å². The summed E-state index contributed by atoms with van der Waals surface area (Å²) in [5.41, 5.74) is 13.4. The Kier molecular flexibility index (Phi) is 7.51. The van der Waals surface area contributed by atoms with Crippen LogP contribution in [0.5, 0.6) is 5.75 Å². The zero-order valence-electron chi connectivity index (χ0n) is 21.4. The number of nitrogen functional groups attached to an aromatic ring is 1. The number of carbonyl (C=O) groups is 3. The number of carbonyl (C=O) groups excluding carboxylic acids is 3. The average Bonchev–Trinajstić information content (AvgIpc) is 3.72. The Hall–Kier alpha value is -5.10. The van der Waals surface area contributed by atoms with Gasteiger partial charge in [-0.1, -0.05) is 30.3 Å². The van der Waals surface area contributed by atoms with Gasteiger partial charge in [0.15, 0.2) is 5.69 Å². The smallest absolute Gasteiger partial charge is 0.270 e. The van der Waals surface area contributed by atoms with Crippen LogP contribution in [0.4, 0.5) is 5.69 Å². The Balaban J connectivity index is 1.57. The lowest BCUT2D eigenvalue weighted by Crippen LogP contribution is -2.43. The van der Waals surface area contributed by atoms with Gasteiger partial charge in [-0.05, 0) is 47.4 Å². The molecule has 3 amide bonds. The van der Waals surface area contributed by atoms with E-state index < -0.39 is 23.8 Å². The van der Waals surface area contributed by atoms with Crippen molar-refractivity contribution in [2.75, 3.05) is 12.8 Å². The van der Waals surface area contributed by atoms with Gasteiger partial charge < -0.3 is 35.8 Å². The highest BCUT2D eigenvalue weighted by atomic mass is 32.1. The maximum Gasteiger partial charge on any atom is 0.270 e. The van der Waals surface area contributed by atoms with Crippen molar-refractivity contribution in [1.82, 2.24) is 19.6 Å². The van der Waals surface area contributed by atoms with Crippen LogP contribution >= 0.6 is 11.5 Å². The number of ether oxygens (including phenoxy) is 1. The Bertz CT molecular complexity index is 1660. The molecule has 3 heterocycles. The van der Waals surface area contributed by atoms with Gasteiger partial charge in [-0.2, -0.15) is 4.37 Å². The van der Waals surface area contributed by atoms with E-state index in [4.69, 9.17) is 20.6 Å². The van der Waals surface area contributed by atoms with Crippen molar-refractivity contribution >= 4 is 45.8 Å². The highest BCUT2D eigenvalue weighted by Gasteiger charge is 2.36. The Morgan fingerprint density at radius 3 is 2.58 bits per heavy atom. The minimum atomic E-state index is -1.11. The quantitative estimate of drug-likeness (QED) is 0.203. The number of hydrogen-bond acceptors (Lipinski definition) is 8. The van der Waals surface area contributed by atoms with E-state index in [0.717, 1.165) is 28.0 Å². The minimum Gasteiger partial charge on any atom is -0.497 e. The third kappa shape index (κ3) is 5.24. The first kappa shape index (κ1) is 26.5. The molecule has 0 bridgehead atoms. The first-order valence-corrected chi connectivity index (χ1v) is 13.0. The normalized spacial score (nSPS) is 11.7. The van der Waals surface area contributed by atoms with E-state index in [1.54, 1.807) is 37.6 Å². The van der Waals surface area contributed by atoms with Gasteiger partial charge in [-0.3, -0.25) is 14.4 Å². The maximum absolute atomic E-state index is 14.1. The number of methoxy groups -OCH3 is 1. The first-order valence-electron chi connectivity index (χ1n) is 12.2. The summed E-state index contributed by atoms with van der Waals surface area (Å²) >= 11 is 0.748. The van der Waals surface area contributed by atoms with E-state index >= 15 is 0 Å². The topological polar surface area (TPSA) is 170 Å². The lowest BCUT2D eigenvalue weighted by molar-refractivity contribution is -0.126. The number of hydrogen-bond donors (Lipinski definition) is 4. The number of furan rings is 1. The van der Waals surface area contributed by atoms with Crippen molar-refractivity contribution in [2.24, 2.45) is 5.73 Å². The van der Waals surface area contributed by atoms with E-state index in [-0.39, 0.29) is 29.3 Å².